The molecule has 0 bridgehead atoms. The molecule has 0 aromatic heterocycles. The van der Waals surface area contributed by atoms with Crippen LogP contribution in [0, 0.1) is 0 Å². The van der Waals surface area contributed by atoms with Crippen molar-refractivity contribution in [2.45, 2.75) is 45.6 Å². The van der Waals surface area contributed by atoms with Gasteiger partial charge >= 0.3 is 5.97 Å². The Morgan fingerprint density at radius 1 is 1.03 bits per heavy atom. The third-order valence-electron chi connectivity index (χ3n) is 5.50. The molecule has 30 heavy (non-hydrogen) atoms. The van der Waals surface area contributed by atoms with Crippen molar-refractivity contribution < 1.29 is 23.9 Å². The van der Waals surface area contributed by atoms with Crippen molar-refractivity contribution in [1.29, 1.82) is 0 Å². The number of hydrogen-bond donors (Lipinski definition) is 0. The Bertz CT molecular complexity index is 1010. The third kappa shape index (κ3) is 3.41. The fraction of sp³-hybridized carbons (Fsp3) is 0.375. The number of rotatable bonds is 6. The first-order valence-corrected chi connectivity index (χ1v) is 10.2. The number of para-hydroxylation sites is 1. The molecule has 4 rings (SSSR count). The van der Waals surface area contributed by atoms with Crippen LogP contribution in [0.2, 0.25) is 0 Å². The Hall–Kier alpha value is -2.99. The number of imide groups is 1. The number of epoxide rings is 1. The third-order valence-corrected chi connectivity index (χ3v) is 5.50. The van der Waals surface area contributed by atoms with Crippen LogP contribution in [0.4, 0.5) is 5.69 Å². The van der Waals surface area contributed by atoms with Gasteiger partial charge in [-0.05, 0) is 35.1 Å². The van der Waals surface area contributed by atoms with Crippen molar-refractivity contribution in [2.75, 3.05) is 18.1 Å². The molecule has 2 heterocycles. The maximum atomic E-state index is 13.5. The highest BCUT2D eigenvalue weighted by Gasteiger charge is 2.42. The molecule has 6 heteroatoms. The van der Waals surface area contributed by atoms with Crippen molar-refractivity contribution >= 4 is 23.5 Å². The second kappa shape index (κ2) is 7.69. The molecule has 0 aliphatic carbocycles. The summed E-state index contributed by atoms with van der Waals surface area (Å²) in [6, 6.07) is 10.6. The first kappa shape index (κ1) is 20.3. The molecule has 6 nitrogen and oxygen atoms in total. The summed E-state index contributed by atoms with van der Waals surface area (Å²) in [5, 5.41) is 0. The lowest BCUT2D eigenvalue weighted by molar-refractivity contribution is 0.0474. The number of amides is 2. The van der Waals surface area contributed by atoms with Gasteiger partial charge in [-0.3, -0.25) is 9.59 Å². The van der Waals surface area contributed by atoms with Crippen LogP contribution in [0.15, 0.2) is 36.4 Å². The van der Waals surface area contributed by atoms with E-state index in [1.165, 1.54) is 11.0 Å². The number of carbonyl (C=O) groups is 3. The second-order valence-electron chi connectivity index (χ2n) is 8.32. The zero-order valence-corrected chi connectivity index (χ0v) is 17.6. The van der Waals surface area contributed by atoms with Crippen molar-refractivity contribution in [3.05, 3.63) is 64.2 Å². The highest BCUT2D eigenvalue weighted by atomic mass is 16.6. The summed E-state index contributed by atoms with van der Waals surface area (Å²) in [7, 11) is 0. The summed E-state index contributed by atoms with van der Waals surface area (Å²) < 4.78 is 10.3. The van der Waals surface area contributed by atoms with Crippen LogP contribution >= 0.6 is 0 Å². The fourth-order valence-electron chi connectivity index (χ4n) is 3.84. The number of hydrogen-bond acceptors (Lipinski definition) is 5. The Morgan fingerprint density at radius 3 is 2.20 bits per heavy atom. The van der Waals surface area contributed by atoms with Crippen LogP contribution in [0.5, 0.6) is 0 Å². The molecule has 2 aliphatic heterocycles. The summed E-state index contributed by atoms with van der Waals surface area (Å²) >= 11 is 0. The second-order valence-corrected chi connectivity index (χ2v) is 8.32. The minimum absolute atomic E-state index is 0.0777. The molecular weight excluding hydrogens is 382 g/mol. The van der Waals surface area contributed by atoms with E-state index in [0.717, 1.165) is 11.1 Å². The van der Waals surface area contributed by atoms with Gasteiger partial charge in [0, 0.05) is 0 Å². The average molecular weight is 407 g/mol. The summed E-state index contributed by atoms with van der Waals surface area (Å²) in [6.45, 7) is 8.83. The number of anilines is 1. The Kier molecular flexibility index (Phi) is 5.20. The van der Waals surface area contributed by atoms with Crippen LogP contribution in [0.3, 0.4) is 0 Å². The van der Waals surface area contributed by atoms with Crippen molar-refractivity contribution in [2.24, 2.45) is 0 Å². The Labute approximate surface area is 175 Å². The topological polar surface area (TPSA) is 76.2 Å². The Balaban J connectivity index is 1.80. The van der Waals surface area contributed by atoms with Crippen molar-refractivity contribution in [3.8, 4) is 0 Å². The SMILES string of the molecule is CC(C)c1cccc(C(C)C)c1N1C(=O)c2cccc(C(=O)OCC3CO3)c2C1=O. The summed E-state index contributed by atoms with van der Waals surface area (Å²) in [5.74, 6) is -1.28. The van der Waals surface area contributed by atoms with Gasteiger partial charge in [0.25, 0.3) is 11.8 Å². The number of benzene rings is 2. The molecule has 1 atom stereocenters. The lowest BCUT2D eigenvalue weighted by Crippen LogP contribution is -2.32. The first-order chi connectivity index (χ1) is 14.3. The predicted octanol–water partition coefficient (Wildman–Crippen LogP) is 4.29. The molecule has 0 radical (unpaired) electrons. The minimum atomic E-state index is -0.619. The van der Waals surface area contributed by atoms with Crippen LogP contribution < -0.4 is 4.90 Å². The van der Waals surface area contributed by atoms with Gasteiger partial charge in [0.15, 0.2) is 0 Å². The van der Waals surface area contributed by atoms with Gasteiger partial charge in [-0.25, -0.2) is 9.69 Å². The predicted molar refractivity (Wildman–Crippen MR) is 112 cm³/mol. The Morgan fingerprint density at radius 2 is 1.63 bits per heavy atom. The molecule has 2 aliphatic rings. The number of nitrogens with zero attached hydrogens (tertiary/aromatic N) is 1. The fourth-order valence-corrected chi connectivity index (χ4v) is 3.84. The number of carbonyl (C=O) groups excluding carboxylic acids is 3. The van der Waals surface area contributed by atoms with Gasteiger partial charge < -0.3 is 9.47 Å². The van der Waals surface area contributed by atoms with Gasteiger partial charge in [0.2, 0.25) is 0 Å². The maximum absolute atomic E-state index is 13.5. The largest absolute Gasteiger partial charge is 0.459 e. The normalized spacial score (nSPS) is 17.7. The standard InChI is InChI=1S/C24H25NO5/c1-13(2)16-7-5-8-17(14(3)4)21(16)25-22(26)18-9-6-10-19(20(18)23(25)27)24(28)30-12-15-11-29-15/h5-10,13-15H,11-12H2,1-4H3. The molecule has 0 spiro atoms. The van der Waals surface area contributed by atoms with E-state index in [-0.39, 0.29) is 41.2 Å². The van der Waals surface area contributed by atoms with E-state index in [2.05, 4.69) is 0 Å². The smallest absolute Gasteiger partial charge is 0.339 e. The van der Waals surface area contributed by atoms with E-state index < -0.39 is 17.8 Å². The molecule has 156 valence electrons. The lowest BCUT2D eigenvalue weighted by atomic mass is 9.92. The van der Waals surface area contributed by atoms with Crippen molar-refractivity contribution in [1.82, 2.24) is 0 Å². The molecule has 0 N–H and O–H groups in total. The number of ether oxygens (including phenoxy) is 2. The molecule has 2 aromatic carbocycles. The van der Waals surface area contributed by atoms with E-state index >= 15 is 0 Å². The van der Waals surface area contributed by atoms with Crippen LogP contribution in [0.1, 0.15) is 81.7 Å². The zero-order chi connectivity index (χ0) is 21.6. The maximum Gasteiger partial charge on any atom is 0.339 e. The van der Waals surface area contributed by atoms with Gasteiger partial charge in [-0.1, -0.05) is 52.0 Å². The molecule has 2 amide bonds. The lowest BCUT2D eigenvalue weighted by Gasteiger charge is -2.25. The quantitative estimate of drug-likeness (QED) is 0.406. The minimum Gasteiger partial charge on any atom is -0.459 e. The van der Waals surface area contributed by atoms with Crippen LogP contribution in [-0.4, -0.2) is 37.1 Å². The molecular formula is C24H25NO5. The summed E-state index contributed by atoms with van der Waals surface area (Å²) in [4.78, 5) is 40.7. The van der Waals surface area contributed by atoms with Gasteiger partial charge in [-0.2, -0.15) is 0 Å². The van der Waals surface area contributed by atoms with Gasteiger partial charge in [0.1, 0.15) is 12.7 Å². The van der Waals surface area contributed by atoms with Crippen molar-refractivity contribution in [3.63, 3.8) is 0 Å². The van der Waals surface area contributed by atoms with Gasteiger partial charge in [0.05, 0.1) is 29.0 Å². The molecule has 2 aromatic rings. The zero-order valence-electron chi connectivity index (χ0n) is 17.6. The first-order valence-electron chi connectivity index (χ1n) is 10.2. The van der Waals surface area contributed by atoms with E-state index in [0.29, 0.717) is 12.3 Å². The number of esters is 1. The van der Waals surface area contributed by atoms with Crippen LogP contribution in [0.25, 0.3) is 0 Å². The average Bonchev–Trinajstić information content (AvgIpc) is 3.51. The highest BCUT2D eigenvalue weighted by molar-refractivity contribution is 6.36. The highest BCUT2D eigenvalue weighted by Crippen LogP contribution is 2.40. The summed E-state index contributed by atoms with van der Waals surface area (Å²) in [5.41, 5.74) is 2.92. The molecule has 1 saturated heterocycles. The van der Waals surface area contributed by atoms with E-state index in [4.69, 9.17) is 9.47 Å². The monoisotopic (exact) mass is 407 g/mol. The summed E-state index contributed by atoms with van der Waals surface area (Å²) in [6.07, 6.45) is -0.0777. The van der Waals surface area contributed by atoms with Gasteiger partial charge in [-0.15, -0.1) is 0 Å². The van der Waals surface area contributed by atoms with E-state index in [9.17, 15) is 14.4 Å². The molecule has 1 fully saturated rings. The molecule has 0 saturated carbocycles. The van der Waals surface area contributed by atoms with Crippen LogP contribution in [-0.2, 0) is 9.47 Å². The van der Waals surface area contributed by atoms with E-state index in [1.807, 2.05) is 45.9 Å². The van der Waals surface area contributed by atoms with E-state index in [1.54, 1.807) is 12.1 Å². The number of fused-ring (bicyclic) bond motifs is 1. The molecule has 1 unspecified atom stereocenters.